The zero-order valence-corrected chi connectivity index (χ0v) is 21.9. The van der Waals surface area contributed by atoms with Crippen molar-refractivity contribution in [2.45, 2.75) is 50.1 Å². The number of nitrogens with one attached hydrogen (secondary N) is 4. The van der Waals surface area contributed by atoms with E-state index >= 15 is 0 Å². The Labute approximate surface area is 233 Å². The molecule has 1 aromatic carbocycles. The molecular formula is C25H32N8O8. The van der Waals surface area contributed by atoms with Crippen molar-refractivity contribution in [1.82, 2.24) is 20.6 Å². The van der Waals surface area contributed by atoms with Gasteiger partial charge in [0.2, 0.25) is 11.9 Å². The van der Waals surface area contributed by atoms with Crippen molar-refractivity contribution in [2.75, 3.05) is 35.2 Å². The summed E-state index contributed by atoms with van der Waals surface area (Å²) in [5, 5.41) is 38.3. The molecule has 220 valence electrons. The number of aliphatic carboxylic acids is 3. The van der Waals surface area contributed by atoms with Crippen molar-refractivity contribution in [1.29, 1.82) is 0 Å². The minimum atomic E-state index is -1.43. The first-order chi connectivity index (χ1) is 19.4. The maximum absolute atomic E-state index is 12.6. The third-order valence-corrected chi connectivity index (χ3v) is 6.43. The molecule has 2 amide bonds. The van der Waals surface area contributed by atoms with Crippen molar-refractivity contribution < 1.29 is 39.3 Å². The molecule has 0 aliphatic carbocycles. The van der Waals surface area contributed by atoms with Crippen molar-refractivity contribution >= 4 is 53.0 Å². The molecule has 0 bridgehead atoms. The standard InChI is InChI=1S/C25H32N8O8/c26-20-19-13(11-29-21(19)33-25(27)32-20)9-10-28-14-3-1-12(2-4-14)22(37)31-16(24(40)41)5-7-17(34)30-15(23(38)39)6-8-18(35)36/h1-4,13,15-16,28H,5-11H2,(H,30,34)(H,31,37)(H,35,36)(H,38,39)(H,40,41)(H5,26,27,29,32,33)/t13?,15-,16-/m0/s1. The maximum Gasteiger partial charge on any atom is 0.326 e. The van der Waals surface area contributed by atoms with Gasteiger partial charge in [0.15, 0.2) is 0 Å². The van der Waals surface area contributed by atoms with Crippen LogP contribution in [0.15, 0.2) is 24.3 Å². The highest BCUT2D eigenvalue weighted by atomic mass is 16.4. The summed E-state index contributed by atoms with van der Waals surface area (Å²) < 4.78 is 0. The predicted molar refractivity (Wildman–Crippen MR) is 146 cm³/mol. The van der Waals surface area contributed by atoms with Crippen molar-refractivity contribution in [3.05, 3.63) is 35.4 Å². The topological polar surface area (TPSA) is 272 Å². The number of benzene rings is 1. The molecule has 0 saturated carbocycles. The van der Waals surface area contributed by atoms with Crippen LogP contribution in [-0.4, -0.2) is 80.2 Å². The lowest BCUT2D eigenvalue weighted by atomic mass is 9.99. The highest BCUT2D eigenvalue weighted by Gasteiger charge is 2.27. The fourth-order valence-electron chi connectivity index (χ4n) is 4.31. The Morgan fingerprint density at radius 3 is 2.20 bits per heavy atom. The van der Waals surface area contributed by atoms with Crippen LogP contribution in [0.4, 0.5) is 23.3 Å². The maximum atomic E-state index is 12.6. The summed E-state index contributed by atoms with van der Waals surface area (Å²) in [7, 11) is 0. The van der Waals surface area contributed by atoms with Gasteiger partial charge in [-0.3, -0.25) is 14.4 Å². The van der Waals surface area contributed by atoms with E-state index in [0.717, 1.165) is 17.7 Å². The number of aromatic nitrogens is 2. The van der Waals surface area contributed by atoms with Gasteiger partial charge in [-0.15, -0.1) is 0 Å². The van der Waals surface area contributed by atoms with Gasteiger partial charge in [0.25, 0.3) is 5.91 Å². The van der Waals surface area contributed by atoms with E-state index in [2.05, 4.69) is 31.2 Å². The van der Waals surface area contributed by atoms with E-state index in [1.165, 1.54) is 12.1 Å². The van der Waals surface area contributed by atoms with E-state index in [4.69, 9.17) is 21.7 Å². The van der Waals surface area contributed by atoms with Gasteiger partial charge in [0.05, 0.1) is 0 Å². The summed E-state index contributed by atoms with van der Waals surface area (Å²) >= 11 is 0. The number of hydrogen-bond donors (Lipinski definition) is 9. The molecule has 0 fully saturated rings. The summed E-state index contributed by atoms with van der Waals surface area (Å²) in [5.41, 5.74) is 13.4. The van der Waals surface area contributed by atoms with E-state index < -0.39 is 54.6 Å². The molecule has 1 unspecified atom stereocenters. The van der Waals surface area contributed by atoms with Crippen LogP contribution >= 0.6 is 0 Å². The smallest absolute Gasteiger partial charge is 0.326 e. The van der Waals surface area contributed by atoms with Crippen molar-refractivity contribution in [2.24, 2.45) is 0 Å². The van der Waals surface area contributed by atoms with E-state index in [1.807, 2.05) is 0 Å². The molecule has 1 aliphatic heterocycles. The van der Waals surface area contributed by atoms with Crippen LogP contribution in [0.1, 0.15) is 53.9 Å². The lowest BCUT2D eigenvalue weighted by molar-refractivity contribution is -0.143. The van der Waals surface area contributed by atoms with Crippen LogP contribution in [0.5, 0.6) is 0 Å². The van der Waals surface area contributed by atoms with Gasteiger partial charge in [-0.1, -0.05) is 0 Å². The number of nitrogens with two attached hydrogens (primary N) is 2. The molecule has 3 atom stereocenters. The van der Waals surface area contributed by atoms with E-state index in [9.17, 15) is 29.1 Å². The van der Waals surface area contributed by atoms with Gasteiger partial charge in [-0.25, -0.2) is 9.59 Å². The lowest BCUT2D eigenvalue weighted by Gasteiger charge is -2.17. The molecule has 1 aliphatic rings. The number of nitrogen functional groups attached to an aromatic ring is 2. The number of hydrogen-bond acceptors (Lipinski definition) is 11. The first kappa shape index (κ1) is 30.4. The number of anilines is 4. The molecule has 1 aromatic heterocycles. The second kappa shape index (κ2) is 13.8. The molecule has 41 heavy (non-hydrogen) atoms. The van der Waals surface area contributed by atoms with Gasteiger partial charge in [-0.05, 0) is 43.5 Å². The Kier molecular flexibility index (Phi) is 10.2. The Bertz CT molecular complexity index is 1300. The molecule has 16 nitrogen and oxygen atoms in total. The Morgan fingerprint density at radius 1 is 0.927 bits per heavy atom. The molecule has 0 saturated heterocycles. The summed E-state index contributed by atoms with van der Waals surface area (Å²) in [5.74, 6) is -4.27. The second-order valence-electron chi connectivity index (χ2n) is 9.39. The Hall–Kier alpha value is -5.15. The highest BCUT2D eigenvalue weighted by Crippen LogP contribution is 2.36. The first-order valence-electron chi connectivity index (χ1n) is 12.7. The van der Waals surface area contributed by atoms with Crippen LogP contribution in [0, 0.1) is 0 Å². The molecular weight excluding hydrogens is 540 g/mol. The second-order valence-corrected chi connectivity index (χ2v) is 9.39. The first-order valence-corrected chi connectivity index (χ1v) is 12.7. The van der Waals surface area contributed by atoms with E-state index in [-0.39, 0.29) is 30.3 Å². The molecule has 0 spiro atoms. The van der Waals surface area contributed by atoms with Gasteiger partial charge in [-0.2, -0.15) is 9.97 Å². The average Bonchev–Trinajstić information content (AvgIpc) is 3.31. The molecule has 2 heterocycles. The van der Waals surface area contributed by atoms with Crippen LogP contribution < -0.4 is 32.7 Å². The molecule has 11 N–H and O–H groups in total. The largest absolute Gasteiger partial charge is 0.481 e. The zero-order chi connectivity index (χ0) is 30.1. The zero-order valence-electron chi connectivity index (χ0n) is 21.9. The summed E-state index contributed by atoms with van der Waals surface area (Å²) in [4.78, 5) is 66.5. The number of carboxylic acid groups (broad SMARTS) is 3. The summed E-state index contributed by atoms with van der Waals surface area (Å²) in [6.45, 7) is 1.24. The number of carbonyl (C=O) groups is 5. The van der Waals surface area contributed by atoms with Crippen molar-refractivity contribution in [3.8, 4) is 0 Å². The third kappa shape index (κ3) is 8.67. The number of nitrogens with zero attached hydrogens (tertiary/aromatic N) is 2. The fraction of sp³-hybridized carbons (Fsp3) is 0.400. The Balaban J connectivity index is 1.47. The number of amides is 2. The summed E-state index contributed by atoms with van der Waals surface area (Å²) in [6.07, 6.45) is -0.778. The number of carbonyl (C=O) groups excluding carboxylic acids is 2. The predicted octanol–water partition coefficient (Wildman–Crippen LogP) is 0.0497. The van der Waals surface area contributed by atoms with Gasteiger partial charge in [0.1, 0.15) is 23.7 Å². The molecule has 3 rings (SSSR count). The van der Waals surface area contributed by atoms with Crippen LogP contribution in [0.2, 0.25) is 0 Å². The van der Waals surface area contributed by atoms with Gasteiger partial charge in [0, 0.05) is 48.7 Å². The number of rotatable bonds is 15. The minimum absolute atomic E-state index is 0.0953. The van der Waals surface area contributed by atoms with Crippen LogP contribution in [-0.2, 0) is 19.2 Å². The quantitative estimate of drug-likeness (QED) is 0.136. The SMILES string of the molecule is Nc1nc(N)c2c(n1)NCC2CCNc1ccc(C(=O)N[C@@H](CCC(=O)N[C@@H](CCC(=O)O)C(=O)O)C(=O)O)cc1. The molecule has 16 heteroatoms. The van der Waals surface area contributed by atoms with Gasteiger partial charge < -0.3 is 48.1 Å². The normalized spacial score (nSPS) is 15.1. The number of carboxylic acids is 3. The average molecular weight is 573 g/mol. The van der Waals surface area contributed by atoms with Gasteiger partial charge >= 0.3 is 17.9 Å². The number of fused-ring (bicyclic) bond motifs is 1. The Morgan fingerprint density at radius 2 is 1.56 bits per heavy atom. The third-order valence-electron chi connectivity index (χ3n) is 6.43. The summed E-state index contributed by atoms with van der Waals surface area (Å²) in [6, 6.07) is 3.53. The van der Waals surface area contributed by atoms with Crippen LogP contribution in [0.25, 0.3) is 0 Å². The van der Waals surface area contributed by atoms with Crippen molar-refractivity contribution in [3.63, 3.8) is 0 Å². The van der Waals surface area contributed by atoms with Crippen LogP contribution in [0.3, 0.4) is 0 Å². The minimum Gasteiger partial charge on any atom is -0.481 e. The lowest BCUT2D eigenvalue weighted by Crippen LogP contribution is -2.44. The fourth-order valence-corrected chi connectivity index (χ4v) is 4.31. The van der Waals surface area contributed by atoms with E-state index in [1.54, 1.807) is 12.1 Å². The van der Waals surface area contributed by atoms with E-state index in [0.29, 0.717) is 24.7 Å². The highest BCUT2D eigenvalue weighted by molar-refractivity contribution is 5.97. The monoisotopic (exact) mass is 572 g/mol. The molecule has 0 radical (unpaired) electrons. The molecule has 2 aromatic rings.